The summed E-state index contributed by atoms with van der Waals surface area (Å²) in [5.41, 5.74) is 11.9. The number of carbonyl (C=O) groups is 1. The van der Waals surface area contributed by atoms with Crippen LogP contribution >= 0.6 is 0 Å². The summed E-state index contributed by atoms with van der Waals surface area (Å²) in [6.45, 7) is 1.58. The molecule has 0 saturated heterocycles. The Kier molecular flexibility index (Phi) is 3.39. The first kappa shape index (κ1) is 11.6. The first-order chi connectivity index (χ1) is 6.93. The Bertz CT molecular complexity index is 382. The van der Waals surface area contributed by atoms with Crippen LogP contribution in [-0.4, -0.2) is 17.1 Å². The zero-order chi connectivity index (χ0) is 11.6. The van der Waals surface area contributed by atoms with Gasteiger partial charge in [0, 0.05) is 0 Å². The fourth-order valence-electron chi connectivity index (χ4n) is 1.24. The second-order valence-corrected chi connectivity index (χ2v) is 3.40. The molecule has 5 heteroatoms. The highest BCUT2D eigenvalue weighted by molar-refractivity contribution is 5.74. The molecule has 2 unspecified atom stereocenters. The van der Waals surface area contributed by atoms with Gasteiger partial charge in [-0.2, -0.15) is 0 Å². The molecule has 0 bridgehead atoms. The van der Waals surface area contributed by atoms with E-state index in [1.807, 2.05) is 0 Å². The van der Waals surface area contributed by atoms with Crippen molar-refractivity contribution in [3.8, 4) is 0 Å². The molecule has 0 radical (unpaired) electrons. The van der Waals surface area contributed by atoms with E-state index >= 15 is 0 Å². The number of aliphatic carboxylic acids is 1. The molecule has 0 fully saturated rings. The third kappa shape index (κ3) is 2.51. The lowest BCUT2D eigenvalue weighted by Crippen LogP contribution is -2.40. The average Bonchev–Trinajstić information content (AvgIpc) is 2.19. The number of carboxylic acid groups (broad SMARTS) is 1. The minimum absolute atomic E-state index is 0.352. The van der Waals surface area contributed by atoms with E-state index in [1.165, 1.54) is 18.2 Å². The molecule has 1 rings (SSSR count). The Balaban J connectivity index is 2.96. The summed E-state index contributed by atoms with van der Waals surface area (Å²) in [7, 11) is 0. The number of nitrogens with two attached hydrogens (primary N) is 2. The second kappa shape index (κ2) is 4.37. The highest BCUT2D eigenvalue weighted by Crippen LogP contribution is 2.16. The first-order valence-electron chi connectivity index (χ1n) is 4.43. The molecule has 0 aromatic heterocycles. The van der Waals surface area contributed by atoms with Gasteiger partial charge in [0.25, 0.3) is 0 Å². The molecule has 0 aliphatic heterocycles. The van der Waals surface area contributed by atoms with Crippen molar-refractivity contribution in [3.63, 3.8) is 0 Å². The van der Waals surface area contributed by atoms with Crippen LogP contribution in [0, 0.1) is 12.7 Å². The first-order valence-corrected chi connectivity index (χ1v) is 4.43. The van der Waals surface area contributed by atoms with Crippen molar-refractivity contribution in [1.29, 1.82) is 0 Å². The lowest BCUT2D eigenvalue weighted by atomic mass is 9.99. The van der Waals surface area contributed by atoms with Gasteiger partial charge in [-0.25, -0.2) is 4.39 Å². The third-order valence-corrected chi connectivity index (χ3v) is 2.24. The minimum atomic E-state index is -1.19. The van der Waals surface area contributed by atoms with Crippen LogP contribution in [0.15, 0.2) is 18.2 Å². The smallest absolute Gasteiger partial charge is 0.322 e. The molecule has 0 aliphatic rings. The van der Waals surface area contributed by atoms with Crippen molar-refractivity contribution in [1.82, 2.24) is 0 Å². The summed E-state index contributed by atoms with van der Waals surface area (Å²) in [5, 5.41) is 8.66. The maximum atomic E-state index is 12.9. The van der Waals surface area contributed by atoms with Crippen LogP contribution < -0.4 is 11.5 Å². The predicted octanol–water partition coefficient (Wildman–Crippen LogP) is 0.546. The van der Waals surface area contributed by atoms with Crippen LogP contribution in [0.25, 0.3) is 0 Å². The van der Waals surface area contributed by atoms with Crippen molar-refractivity contribution in [2.45, 2.75) is 19.0 Å². The monoisotopic (exact) mass is 212 g/mol. The van der Waals surface area contributed by atoms with Gasteiger partial charge < -0.3 is 16.6 Å². The molecule has 0 aliphatic carbocycles. The Hall–Kier alpha value is -1.46. The Morgan fingerprint density at radius 2 is 2.07 bits per heavy atom. The summed E-state index contributed by atoms with van der Waals surface area (Å²) in [6, 6.07) is 2.18. The van der Waals surface area contributed by atoms with Gasteiger partial charge in [-0.05, 0) is 24.1 Å². The molecule has 82 valence electrons. The van der Waals surface area contributed by atoms with Gasteiger partial charge in [-0.3, -0.25) is 4.79 Å². The lowest BCUT2D eigenvalue weighted by Gasteiger charge is -2.16. The van der Waals surface area contributed by atoms with E-state index in [4.69, 9.17) is 16.6 Å². The fraction of sp³-hybridized carbons (Fsp3) is 0.300. The summed E-state index contributed by atoms with van der Waals surface area (Å²) in [6.07, 6.45) is 0. The largest absolute Gasteiger partial charge is 0.480 e. The van der Waals surface area contributed by atoms with Gasteiger partial charge in [0.1, 0.15) is 11.9 Å². The van der Waals surface area contributed by atoms with Gasteiger partial charge in [0.2, 0.25) is 0 Å². The molecular formula is C10H13FN2O2. The number of hydrogen-bond acceptors (Lipinski definition) is 3. The van der Waals surface area contributed by atoms with Crippen LogP contribution in [0.2, 0.25) is 0 Å². The van der Waals surface area contributed by atoms with Crippen molar-refractivity contribution < 1.29 is 14.3 Å². The van der Waals surface area contributed by atoms with Crippen molar-refractivity contribution in [2.24, 2.45) is 11.5 Å². The molecule has 0 saturated carbocycles. The molecule has 4 nitrogen and oxygen atoms in total. The van der Waals surface area contributed by atoms with E-state index in [0.717, 1.165) is 0 Å². The van der Waals surface area contributed by atoms with E-state index in [-0.39, 0.29) is 5.82 Å². The Morgan fingerprint density at radius 1 is 1.47 bits per heavy atom. The van der Waals surface area contributed by atoms with Crippen LogP contribution in [0.4, 0.5) is 4.39 Å². The maximum Gasteiger partial charge on any atom is 0.322 e. The number of aryl methyl sites for hydroxylation is 1. The topological polar surface area (TPSA) is 89.3 Å². The summed E-state index contributed by atoms with van der Waals surface area (Å²) in [5.74, 6) is -1.53. The quantitative estimate of drug-likeness (QED) is 0.682. The maximum absolute atomic E-state index is 12.9. The zero-order valence-corrected chi connectivity index (χ0v) is 8.27. The molecule has 15 heavy (non-hydrogen) atoms. The summed E-state index contributed by atoms with van der Waals surface area (Å²) >= 11 is 0. The van der Waals surface area contributed by atoms with E-state index in [9.17, 15) is 9.18 Å². The number of rotatable bonds is 3. The molecule has 1 aromatic carbocycles. The molecule has 0 amide bonds. The van der Waals surface area contributed by atoms with Gasteiger partial charge in [0.15, 0.2) is 0 Å². The zero-order valence-electron chi connectivity index (χ0n) is 8.27. The average molecular weight is 212 g/mol. The van der Waals surface area contributed by atoms with E-state index in [2.05, 4.69) is 0 Å². The summed E-state index contributed by atoms with van der Waals surface area (Å²) in [4.78, 5) is 10.6. The molecule has 0 heterocycles. The van der Waals surface area contributed by atoms with E-state index < -0.39 is 18.1 Å². The normalized spacial score (nSPS) is 14.7. The third-order valence-electron chi connectivity index (χ3n) is 2.24. The van der Waals surface area contributed by atoms with Gasteiger partial charge in [0.05, 0.1) is 6.04 Å². The predicted molar refractivity (Wildman–Crippen MR) is 53.7 cm³/mol. The lowest BCUT2D eigenvalue weighted by molar-refractivity contribution is -0.139. The van der Waals surface area contributed by atoms with Crippen LogP contribution in [0.3, 0.4) is 0 Å². The van der Waals surface area contributed by atoms with Crippen LogP contribution in [0.1, 0.15) is 17.2 Å². The Labute approximate surface area is 86.7 Å². The minimum Gasteiger partial charge on any atom is -0.480 e. The second-order valence-electron chi connectivity index (χ2n) is 3.40. The van der Waals surface area contributed by atoms with Crippen molar-refractivity contribution >= 4 is 5.97 Å². The summed E-state index contributed by atoms with van der Waals surface area (Å²) < 4.78 is 12.9. The molecule has 1 aromatic rings. The van der Waals surface area contributed by atoms with E-state index in [0.29, 0.717) is 11.1 Å². The highest BCUT2D eigenvalue weighted by Gasteiger charge is 2.22. The SMILES string of the molecule is Cc1cc(C(N)C(N)C(=O)O)ccc1F. The van der Waals surface area contributed by atoms with Gasteiger partial charge >= 0.3 is 5.97 Å². The van der Waals surface area contributed by atoms with Crippen LogP contribution in [0.5, 0.6) is 0 Å². The van der Waals surface area contributed by atoms with Crippen LogP contribution in [-0.2, 0) is 4.79 Å². The Morgan fingerprint density at radius 3 is 2.53 bits per heavy atom. The van der Waals surface area contributed by atoms with Gasteiger partial charge in [-0.15, -0.1) is 0 Å². The fourth-order valence-corrected chi connectivity index (χ4v) is 1.24. The number of hydrogen-bond donors (Lipinski definition) is 3. The van der Waals surface area contributed by atoms with Crippen molar-refractivity contribution in [3.05, 3.63) is 35.1 Å². The number of benzene rings is 1. The van der Waals surface area contributed by atoms with Crippen molar-refractivity contribution in [2.75, 3.05) is 0 Å². The molecule has 0 spiro atoms. The molecule has 5 N–H and O–H groups in total. The highest BCUT2D eigenvalue weighted by atomic mass is 19.1. The number of carboxylic acids is 1. The van der Waals surface area contributed by atoms with E-state index in [1.54, 1.807) is 6.92 Å². The molecular weight excluding hydrogens is 199 g/mol. The number of halogens is 1. The standard InChI is InChI=1S/C10H13FN2O2/c1-5-4-6(2-3-7(5)11)8(12)9(13)10(14)15/h2-4,8-9H,12-13H2,1H3,(H,14,15). The molecule has 2 atom stereocenters. The van der Waals surface area contributed by atoms with Gasteiger partial charge in [-0.1, -0.05) is 12.1 Å².